The number of nitrogens with one attached hydrogen (secondary N) is 1. The largest absolute Gasteiger partial charge is 0.301 e. The number of aromatic nitrogens is 1. The SMILES string of the molecule is O=C1NC(=NCCC2=NC=CC3CC23)S/C1=C\c1ccc2ncccc2c1.[HH]. The van der Waals surface area contributed by atoms with E-state index >= 15 is 0 Å². The van der Waals surface area contributed by atoms with Gasteiger partial charge in [0.05, 0.1) is 10.4 Å². The lowest BCUT2D eigenvalue weighted by molar-refractivity contribution is -0.115. The zero-order valence-electron chi connectivity index (χ0n) is 14.6. The van der Waals surface area contributed by atoms with Crippen LogP contribution in [0.25, 0.3) is 17.0 Å². The molecule has 2 unspecified atom stereocenters. The number of hydrogen-bond acceptors (Lipinski definition) is 5. The molecule has 1 aromatic carbocycles. The van der Waals surface area contributed by atoms with E-state index in [1.807, 2.05) is 42.6 Å². The standard InChI is InChI=1S/C21H18N4OS.H2/c26-20-19(11-13-3-4-17-15(10-13)2-1-7-22-17)27-21(25-20)24-9-6-18-16-12-14(16)5-8-23-18;/h1-5,7-8,10-11,14,16H,6,9,12H2,(H,24,25,26);1H/b19-11-;. The number of hydrogen-bond donors (Lipinski definition) is 1. The Hall–Kier alpha value is -2.73. The predicted molar refractivity (Wildman–Crippen MR) is 113 cm³/mol. The highest BCUT2D eigenvalue weighted by molar-refractivity contribution is 8.18. The molecule has 5 rings (SSSR count). The molecule has 2 aliphatic heterocycles. The van der Waals surface area contributed by atoms with Crippen molar-refractivity contribution in [2.75, 3.05) is 6.54 Å². The minimum Gasteiger partial charge on any atom is -0.301 e. The van der Waals surface area contributed by atoms with E-state index in [0.717, 1.165) is 22.9 Å². The average molecular weight is 376 g/mol. The number of thioether (sulfide) groups is 1. The monoisotopic (exact) mass is 376 g/mol. The van der Waals surface area contributed by atoms with E-state index in [1.165, 1.54) is 23.9 Å². The molecule has 0 spiro atoms. The zero-order chi connectivity index (χ0) is 18.2. The van der Waals surface area contributed by atoms with Gasteiger partial charge < -0.3 is 5.32 Å². The highest BCUT2D eigenvalue weighted by Gasteiger charge is 2.40. The molecule has 0 radical (unpaired) electrons. The van der Waals surface area contributed by atoms with Crippen LogP contribution in [0.1, 0.15) is 19.8 Å². The van der Waals surface area contributed by atoms with Gasteiger partial charge in [0, 0.05) is 43.8 Å². The van der Waals surface area contributed by atoms with Crippen LogP contribution in [-0.4, -0.2) is 28.3 Å². The van der Waals surface area contributed by atoms with E-state index in [1.54, 1.807) is 6.20 Å². The number of fused-ring (bicyclic) bond motifs is 2. The molecule has 2 atom stereocenters. The Morgan fingerprint density at radius 2 is 2.33 bits per heavy atom. The number of amides is 1. The maximum Gasteiger partial charge on any atom is 0.264 e. The van der Waals surface area contributed by atoms with E-state index in [-0.39, 0.29) is 7.33 Å². The molecule has 2 fully saturated rings. The predicted octanol–water partition coefficient (Wildman–Crippen LogP) is 4.04. The molecule has 1 saturated carbocycles. The molecule has 5 nitrogen and oxygen atoms in total. The van der Waals surface area contributed by atoms with Crippen molar-refractivity contribution in [3.05, 3.63) is 59.3 Å². The maximum absolute atomic E-state index is 12.2. The molecule has 6 heteroatoms. The van der Waals surface area contributed by atoms with Gasteiger partial charge in [-0.2, -0.15) is 0 Å². The van der Waals surface area contributed by atoms with Crippen LogP contribution in [0, 0.1) is 11.8 Å². The van der Waals surface area contributed by atoms with Gasteiger partial charge >= 0.3 is 0 Å². The number of rotatable bonds is 4. The van der Waals surface area contributed by atoms with Gasteiger partial charge in [-0.05, 0) is 53.9 Å². The molecule has 1 aromatic heterocycles. The molecule has 27 heavy (non-hydrogen) atoms. The number of nitrogens with zero attached hydrogens (tertiary/aromatic N) is 3. The van der Waals surface area contributed by atoms with Gasteiger partial charge in [-0.3, -0.25) is 19.8 Å². The number of amidine groups is 1. The van der Waals surface area contributed by atoms with E-state index in [0.29, 0.717) is 28.5 Å². The Balaban J connectivity index is 0.00000192. The number of carbonyl (C=O) groups excluding carboxylic acids is 1. The lowest BCUT2D eigenvalue weighted by Gasteiger charge is -2.05. The number of carbonyl (C=O) groups is 1. The minimum atomic E-state index is -0.0924. The van der Waals surface area contributed by atoms with Gasteiger partial charge in [0.15, 0.2) is 5.17 Å². The fourth-order valence-electron chi connectivity index (χ4n) is 3.51. The maximum atomic E-state index is 12.2. The van der Waals surface area contributed by atoms with Crippen molar-refractivity contribution in [3.63, 3.8) is 0 Å². The van der Waals surface area contributed by atoms with Crippen molar-refractivity contribution < 1.29 is 6.22 Å². The lowest BCUT2D eigenvalue weighted by Crippen LogP contribution is -2.20. The first kappa shape index (κ1) is 16.4. The van der Waals surface area contributed by atoms with Crippen molar-refractivity contribution in [1.82, 2.24) is 10.3 Å². The van der Waals surface area contributed by atoms with Crippen LogP contribution >= 0.6 is 11.8 Å². The molecule has 0 bridgehead atoms. The second kappa shape index (κ2) is 6.78. The lowest BCUT2D eigenvalue weighted by atomic mass is 10.1. The van der Waals surface area contributed by atoms with Gasteiger partial charge in [0.1, 0.15) is 0 Å². The molecule has 1 aliphatic carbocycles. The highest BCUT2D eigenvalue weighted by Crippen LogP contribution is 2.43. The molecule has 136 valence electrons. The van der Waals surface area contributed by atoms with Crippen molar-refractivity contribution in [3.8, 4) is 0 Å². The van der Waals surface area contributed by atoms with Crippen molar-refractivity contribution in [1.29, 1.82) is 0 Å². The second-order valence-corrected chi connectivity index (χ2v) is 7.96. The molecule has 1 N–H and O–H groups in total. The van der Waals surface area contributed by atoms with Crippen LogP contribution in [-0.2, 0) is 4.79 Å². The quantitative estimate of drug-likeness (QED) is 0.819. The fraction of sp³-hybridized carbons (Fsp3) is 0.238. The summed E-state index contributed by atoms with van der Waals surface area (Å²) < 4.78 is 0. The minimum absolute atomic E-state index is 0. The number of allylic oxidation sites excluding steroid dienone is 1. The Morgan fingerprint density at radius 3 is 3.30 bits per heavy atom. The van der Waals surface area contributed by atoms with Crippen LogP contribution in [0.15, 0.2) is 63.7 Å². The van der Waals surface area contributed by atoms with Crippen molar-refractivity contribution >= 4 is 45.5 Å². The molecular weight excluding hydrogens is 356 g/mol. The van der Waals surface area contributed by atoms with Crippen molar-refractivity contribution in [2.45, 2.75) is 12.8 Å². The van der Waals surface area contributed by atoms with Gasteiger partial charge in [0.25, 0.3) is 5.91 Å². The molecule has 3 aliphatic rings. The normalized spacial score (nSPS) is 26.4. The molecule has 3 heterocycles. The molecule has 2 aromatic rings. The summed E-state index contributed by atoms with van der Waals surface area (Å²) in [6.45, 7) is 0.660. The summed E-state index contributed by atoms with van der Waals surface area (Å²) in [6, 6.07) is 9.92. The summed E-state index contributed by atoms with van der Waals surface area (Å²) in [6.07, 6.45) is 9.88. The van der Waals surface area contributed by atoms with E-state index in [4.69, 9.17) is 0 Å². The van der Waals surface area contributed by atoms with Crippen molar-refractivity contribution in [2.24, 2.45) is 21.8 Å². The van der Waals surface area contributed by atoms with E-state index in [2.05, 4.69) is 26.4 Å². The first-order valence-electron chi connectivity index (χ1n) is 9.10. The Morgan fingerprint density at radius 1 is 1.37 bits per heavy atom. The third-order valence-electron chi connectivity index (χ3n) is 5.04. The zero-order valence-corrected chi connectivity index (χ0v) is 15.4. The Kier molecular flexibility index (Phi) is 4.13. The van der Waals surface area contributed by atoms with Crippen LogP contribution in [0.3, 0.4) is 0 Å². The summed E-state index contributed by atoms with van der Waals surface area (Å²) in [5, 5.41) is 4.59. The Bertz CT molecular complexity index is 1060. The third kappa shape index (κ3) is 3.45. The van der Waals surface area contributed by atoms with Crippen LogP contribution < -0.4 is 5.32 Å². The molecular formula is C21H20N4OS. The Labute approximate surface area is 162 Å². The average Bonchev–Trinajstić information content (AvgIpc) is 3.40. The van der Waals surface area contributed by atoms with E-state index < -0.39 is 0 Å². The van der Waals surface area contributed by atoms with Crippen LogP contribution in [0.5, 0.6) is 0 Å². The topological polar surface area (TPSA) is 66.7 Å². The summed E-state index contributed by atoms with van der Waals surface area (Å²) in [7, 11) is 0. The van der Waals surface area contributed by atoms with Gasteiger partial charge in [-0.25, -0.2) is 0 Å². The summed E-state index contributed by atoms with van der Waals surface area (Å²) >= 11 is 1.40. The smallest absolute Gasteiger partial charge is 0.264 e. The summed E-state index contributed by atoms with van der Waals surface area (Å²) in [5.41, 5.74) is 3.18. The molecule has 1 amide bonds. The van der Waals surface area contributed by atoms with Gasteiger partial charge in [-0.15, -0.1) is 0 Å². The fourth-order valence-corrected chi connectivity index (χ4v) is 4.36. The number of pyridine rings is 1. The second-order valence-electron chi connectivity index (χ2n) is 6.93. The van der Waals surface area contributed by atoms with Crippen LogP contribution in [0.4, 0.5) is 0 Å². The van der Waals surface area contributed by atoms with Gasteiger partial charge in [-0.1, -0.05) is 18.2 Å². The summed E-state index contributed by atoms with van der Waals surface area (Å²) in [4.78, 5) is 26.3. The third-order valence-corrected chi connectivity index (χ3v) is 5.99. The van der Waals surface area contributed by atoms with E-state index in [9.17, 15) is 4.79 Å². The molecule has 1 saturated heterocycles. The summed E-state index contributed by atoms with van der Waals surface area (Å²) in [5.74, 6) is 1.25. The highest BCUT2D eigenvalue weighted by atomic mass is 32.2. The number of aliphatic imine (C=N–C) groups is 2. The first-order valence-corrected chi connectivity index (χ1v) is 9.91. The first-order chi connectivity index (χ1) is 13.3. The van der Waals surface area contributed by atoms with Gasteiger partial charge in [0.2, 0.25) is 0 Å². The number of benzene rings is 1. The van der Waals surface area contributed by atoms with Crippen LogP contribution in [0.2, 0.25) is 0 Å².